The first-order valence-corrected chi connectivity index (χ1v) is 19.7. The summed E-state index contributed by atoms with van der Waals surface area (Å²) in [5.74, 6) is 0.954. The van der Waals surface area contributed by atoms with E-state index in [1.807, 2.05) is 6.92 Å². The average molecular weight is 656 g/mol. The molecular formula is C38H53N5O3Si. The number of hydrogen-bond acceptors (Lipinski definition) is 8. The summed E-state index contributed by atoms with van der Waals surface area (Å²) in [5, 5.41) is 17.0. The minimum atomic E-state index is -2.61. The first kappa shape index (κ1) is 32.7. The Kier molecular flexibility index (Phi) is 8.97. The number of benzene rings is 2. The van der Waals surface area contributed by atoms with Crippen LogP contribution >= 0.6 is 0 Å². The second kappa shape index (κ2) is 12.9. The lowest BCUT2D eigenvalue weighted by Gasteiger charge is -2.44. The molecule has 3 aromatic rings. The maximum Gasteiger partial charge on any atom is 0.318 e. The van der Waals surface area contributed by atoms with Crippen LogP contribution in [0.4, 0.5) is 5.82 Å². The minimum absolute atomic E-state index is 0.0219. The van der Waals surface area contributed by atoms with Crippen molar-refractivity contribution in [1.82, 2.24) is 20.2 Å². The van der Waals surface area contributed by atoms with E-state index in [9.17, 15) is 5.11 Å². The highest BCUT2D eigenvalue weighted by Crippen LogP contribution is 2.44. The van der Waals surface area contributed by atoms with Crippen LogP contribution in [0.5, 0.6) is 6.01 Å². The average Bonchev–Trinajstić information content (AvgIpc) is 3.63. The van der Waals surface area contributed by atoms with Crippen molar-refractivity contribution in [3.63, 3.8) is 0 Å². The van der Waals surface area contributed by atoms with Gasteiger partial charge in [-0.15, -0.1) is 0 Å². The fourth-order valence-electron chi connectivity index (χ4n) is 9.02. The monoisotopic (exact) mass is 655 g/mol. The van der Waals surface area contributed by atoms with E-state index in [1.54, 1.807) is 0 Å². The van der Waals surface area contributed by atoms with E-state index in [1.165, 1.54) is 22.4 Å². The number of β-amino-alcohol motifs (C(OH)–C–C–N with tert-alkyl or cyclic N) is 1. The van der Waals surface area contributed by atoms with Gasteiger partial charge >= 0.3 is 6.01 Å². The second-order valence-corrected chi connectivity index (χ2v) is 20.0. The van der Waals surface area contributed by atoms with Crippen molar-refractivity contribution >= 4 is 24.5 Å². The van der Waals surface area contributed by atoms with Crippen LogP contribution in [0.15, 0.2) is 60.7 Å². The van der Waals surface area contributed by atoms with Gasteiger partial charge in [0.05, 0.1) is 23.4 Å². The number of hydrogen-bond donors (Lipinski definition) is 2. The number of piperidine rings is 1. The summed E-state index contributed by atoms with van der Waals surface area (Å²) in [4.78, 5) is 14.9. The van der Waals surface area contributed by atoms with Crippen molar-refractivity contribution in [2.45, 2.75) is 101 Å². The predicted molar refractivity (Wildman–Crippen MR) is 190 cm³/mol. The van der Waals surface area contributed by atoms with Gasteiger partial charge < -0.3 is 24.5 Å². The summed E-state index contributed by atoms with van der Waals surface area (Å²) >= 11 is 0. The van der Waals surface area contributed by atoms with Crippen molar-refractivity contribution in [3.05, 3.63) is 71.9 Å². The number of aliphatic hydroxyl groups is 1. The lowest BCUT2D eigenvalue weighted by Crippen LogP contribution is -2.67. The molecule has 7 rings (SSSR count). The molecule has 2 aromatic carbocycles. The molecule has 0 unspecified atom stereocenters. The molecule has 4 aliphatic rings. The Balaban J connectivity index is 1.11. The van der Waals surface area contributed by atoms with Crippen LogP contribution in [0.25, 0.3) is 0 Å². The third kappa shape index (κ3) is 6.26. The molecule has 252 valence electrons. The predicted octanol–water partition coefficient (Wildman–Crippen LogP) is 4.43. The Labute approximate surface area is 282 Å². The highest BCUT2D eigenvalue weighted by atomic mass is 28.4. The van der Waals surface area contributed by atoms with Gasteiger partial charge in [0.1, 0.15) is 12.4 Å². The summed E-state index contributed by atoms with van der Waals surface area (Å²) in [5.41, 5.74) is 1.51. The zero-order chi connectivity index (χ0) is 32.7. The molecule has 0 radical (unpaired) electrons. The van der Waals surface area contributed by atoms with Crippen molar-refractivity contribution in [2.24, 2.45) is 0 Å². The van der Waals surface area contributed by atoms with E-state index in [4.69, 9.17) is 19.1 Å². The van der Waals surface area contributed by atoms with Gasteiger partial charge in [0.15, 0.2) is 0 Å². The first-order chi connectivity index (χ1) is 22.6. The number of anilines is 1. The van der Waals surface area contributed by atoms with Gasteiger partial charge in [0.2, 0.25) is 0 Å². The molecule has 2 N–H and O–H groups in total. The molecule has 0 spiro atoms. The van der Waals surface area contributed by atoms with Gasteiger partial charge in [0.25, 0.3) is 8.32 Å². The number of nitrogens with one attached hydrogen (secondary N) is 1. The van der Waals surface area contributed by atoms with E-state index < -0.39 is 13.9 Å². The van der Waals surface area contributed by atoms with Gasteiger partial charge in [-0.2, -0.15) is 9.97 Å². The maximum absolute atomic E-state index is 10.9. The van der Waals surface area contributed by atoms with E-state index in [0.717, 1.165) is 82.8 Å². The van der Waals surface area contributed by atoms with Gasteiger partial charge in [-0.3, -0.25) is 4.90 Å². The molecule has 0 bridgehead atoms. The molecule has 1 aromatic heterocycles. The smallest absolute Gasteiger partial charge is 0.318 e. The minimum Gasteiger partial charge on any atom is -0.461 e. The van der Waals surface area contributed by atoms with Crippen LogP contribution in [0.3, 0.4) is 0 Å². The zero-order valence-electron chi connectivity index (χ0n) is 28.8. The van der Waals surface area contributed by atoms with Crippen LogP contribution in [0, 0.1) is 0 Å². The summed E-state index contributed by atoms with van der Waals surface area (Å²) in [6.45, 7) is 14.5. The SMILES string of the molecule is CC(C)(C)[Si](OC[C@@H]1CC[C@@]2(COc3nc4c(c(N5CCC[C@@](C)(O)C5)n3)CCNC4)CCCN12)(c1ccccc1)c1ccccc1. The van der Waals surface area contributed by atoms with Gasteiger partial charge in [0, 0.05) is 31.2 Å². The van der Waals surface area contributed by atoms with Gasteiger partial charge in [-0.25, -0.2) is 0 Å². The van der Waals surface area contributed by atoms with Crippen molar-refractivity contribution in [3.8, 4) is 6.01 Å². The van der Waals surface area contributed by atoms with E-state index in [-0.39, 0.29) is 10.6 Å². The fourth-order valence-corrected chi connectivity index (χ4v) is 13.6. The lowest BCUT2D eigenvalue weighted by atomic mass is 9.94. The molecule has 0 saturated carbocycles. The summed E-state index contributed by atoms with van der Waals surface area (Å²) in [7, 11) is -2.61. The van der Waals surface area contributed by atoms with Crippen molar-refractivity contribution in [2.75, 3.05) is 44.3 Å². The molecule has 5 heterocycles. The summed E-state index contributed by atoms with van der Waals surface area (Å²) < 4.78 is 14.0. The molecule has 3 saturated heterocycles. The highest BCUT2D eigenvalue weighted by molar-refractivity contribution is 6.99. The Morgan fingerprint density at radius 2 is 1.66 bits per heavy atom. The number of fused-ring (bicyclic) bond motifs is 2. The Hall–Kier alpha value is -2.82. The maximum atomic E-state index is 10.9. The molecule has 47 heavy (non-hydrogen) atoms. The first-order valence-electron chi connectivity index (χ1n) is 17.8. The Bertz CT molecular complexity index is 1490. The van der Waals surface area contributed by atoms with E-state index in [2.05, 4.69) is 96.6 Å². The van der Waals surface area contributed by atoms with E-state index >= 15 is 0 Å². The molecule has 0 aliphatic carbocycles. The number of rotatable bonds is 9. The topological polar surface area (TPSA) is 83.0 Å². The van der Waals surface area contributed by atoms with Crippen LogP contribution in [0.2, 0.25) is 5.04 Å². The summed E-state index contributed by atoms with van der Waals surface area (Å²) in [6, 6.07) is 22.8. The molecule has 3 atom stereocenters. The Morgan fingerprint density at radius 3 is 2.34 bits per heavy atom. The van der Waals surface area contributed by atoms with Crippen LogP contribution in [-0.4, -0.2) is 84.9 Å². The molecule has 3 fully saturated rings. The fraction of sp³-hybridized carbons (Fsp3) is 0.579. The Morgan fingerprint density at radius 1 is 0.957 bits per heavy atom. The van der Waals surface area contributed by atoms with Crippen LogP contribution < -0.4 is 25.3 Å². The second-order valence-electron chi connectivity index (χ2n) is 15.7. The number of nitrogens with zero attached hydrogens (tertiary/aromatic N) is 4. The van der Waals surface area contributed by atoms with Crippen LogP contribution in [0.1, 0.15) is 77.5 Å². The number of ether oxygens (including phenoxy) is 1. The largest absolute Gasteiger partial charge is 0.461 e. The third-order valence-electron chi connectivity index (χ3n) is 11.3. The van der Waals surface area contributed by atoms with Crippen LogP contribution in [-0.2, 0) is 17.4 Å². The molecule has 9 heteroatoms. The highest BCUT2D eigenvalue weighted by Gasteiger charge is 2.54. The van der Waals surface area contributed by atoms with Crippen molar-refractivity contribution in [1.29, 1.82) is 0 Å². The third-order valence-corrected chi connectivity index (χ3v) is 16.3. The van der Waals surface area contributed by atoms with Gasteiger partial charge in [-0.05, 0) is 80.4 Å². The normalized spacial score (nSPS) is 26.7. The summed E-state index contributed by atoms with van der Waals surface area (Å²) in [6.07, 6.45) is 7.16. The molecular weight excluding hydrogens is 603 g/mol. The number of aromatic nitrogens is 2. The molecule has 0 amide bonds. The quantitative estimate of drug-likeness (QED) is 0.328. The standard InChI is InChI=1S/C38H53N5O3Si/c1-36(2,3)47(30-13-7-5-8-14-30,31-15-9-6-10-16-31)46-26-29-17-21-38(20-12-24-43(29)38)28-45-35-40-33-25-39-22-18-32(33)34(41-35)42-23-11-19-37(4,44)27-42/h5-10,13-16,29,39,44H,11-12,17-28H2,1-4H3/t29-,37+,38+/m0/s1. The molecule has 4 aliphatic heterocycles. The zero-order valence-corrected chi connectivity index (χ0v) is 29.8. The van der Waals surface area contributed by atoms with Gasteiger partial charge in [-0.1, -0.05) is 81.4 Å². The lowest BCUT2D eigenvalue weighted by molar-refractivity contribution is 0.0444. The van der Waals surface area contributed by atoms with E-state index in [0.29, 0.717) is 25.2 Å². The molecule has 8 nitrogen and oxygen atoms in total. The van der Waals surface area contributed by atoms with Crippen molar-refractivity contribution < 1.29 is 14.3 Å².